The van der Waals surface area contributed by atoms with Crippen LogP contribution in [0.4, 0.5) is 0 Å². The smallest absolute Gasteiger partial charge is 0.0684 e. The Hall–Kier alpha value is 0.0300. The largest absolute Gasteiger partial charge is 0.381 e. The lowest BCUT2D eigenvalue weighted by Crippen LogP contribution is -2.17. The summed E-state index contributed by atoms with van der Waals surface area (Å²) in [5.41, 5.74) is 1.03. The highest BCUT2D eigenvalue weighted by Crippen LogP contribution is 2.19. The molecule has 0 aliphatic carbocycles. The maximum Gasteiger partial charge on any atom is 0.0684 e. The summed E-state index contributed by atoms with van der Waals surface area (Å²) in [5.74, 6) is 0. The number of ether oxygens (including phenoxy) is 1. The molecule has 0 atom stereocenters. The van der Waals surface area contributed by atoms with Gasteiger partial charge in [-0.2, -0.15) is 0 Å². The van der Waals surface area contributed by atoms with Gasteiger partial charge in [-0.05, 0) is 57.3 Å². The number of unbranched alkanes of at least 4 members (excludes halogenated alkanes) is 1. The Kier molecular flexibility index (Phi) is 8.84. The van der Waals surface area contributed by atoms with E-state index < -0.39 is 0 Å². The fraction of sp³-hybridized carbons (Fsp3) is 0.615. The van der Waals surface area contributed by atoms with Crippen LogP contribution in [0.1, 0.15) is 31.9 Å². The number of aromatic nitrogens is 1. The number of nitrogens with zero attached hydrogens (tertiary/aromatic N) is 1. The van der Waals surface area contributed by atoms with Crippen molar-refractivity contribution in [3.63, 3.8) is 0 Å². The Morgan fingerprint density at radius 2 is 2.06 bits per heavy atom. The molecular formula is C13H20Br2N2O. The normalized spacial score (nSPS) is 10.8. The zero-order valence-corrected chi connectivity index (χ0v) is 13.9. The van der Waals surface area contributed by atoms with Crippen LogP contribution < -0.4 is 5.32 Å². The predicted molar refractivity (Wildman–Crippen MR) is 81.7 cm³/mol. The van der Waals surface area contributed by atoms with Crippen molar-refractivity contribution in [3.8, 4) is 0 Å². The van der Waals surface area contributed by atoms with E-state index in [4.69, 9.17) is 4.74 Å². The summed E-state index contributed by atoms with van der Waals surface area (Å²) in [5, 5.41) is 3.37. The zero-order chi connectivity index (χ0) is 13.2. The van der Waals surface area contributed by atoms with Gasteiger partial charge in [0.15, 0.2) is 0 Å². The minimum absolute atomic E-state index is 0.781. The van der Waals surface area contributed by atoms with Gasteiger partial charge in [0.1, 0.15) is 0 Å². The fourth-order valence-electron chi connectivity index (χ4n) is 1.43. The first-order chi connectivity index (χ1) is 8.74. The van der Waals surface area contributed by atoms with E-state index in [-0.39, 0.29) is 0 Å². The molecule has 0 radical (unpaired) electrons. The van der Waals surface area contributed by atoms with Gasteiger partial charge in [-0.3, -0.25) is 4.98 Å². The molecule has 0 aliphatic rings. The van der Waals surface area contributed by atoms with E-state index in [0.29, 0.717) is 0 Å². The first-order valence-corrected chi connectivity index (χ1v) is 7.91. The second-order valence-corrected chi connectivity index (χ2v) is 5.85. The highest BCUT2D eigenvalue weighted by molar-refractivity contribution is 9.11. The third-order valence-electron chi connectivity index (χ3n) is 2.46. The van der Waals surface area contributed by atoms with E-state index in [1.165, 1.54) is 6.42 Å². The summed E-state index contributed by atoms with van der Waals surface area (Å²) < 4.78 is 7.51. The number of halogens is 2. The van der Waals surface area contributed by atoms with Crippen LogP contribution in [0.3, 0.4) is 0 Å². The van der Waals surface area contributed by atoms with Crippen LogP contribution in [0, 0.1) is 0 Å². The summed E-state index contributed by atoms with van der Waals surface area (Å²) in [4.78, 5) is 4.35. The minimum atomic E-state index is 0.781. The number of hydrogen-bond acceptors (Lipinski definition) is 3. The average Bonchev–Trinajstić information content (AvgIpc) is 2.35. The van der Waals surface area contributed by atoms with Crippen molar-refractivity contribution in [3.05, 3.63) is 26.9 Å². The topological polar surface area (TPSA) is 34.1 Å². The standard InChI is InChI=1S/C13H20Br2N2O/c1-2-3-6-18-7-4-5-16-10-13-12(15)8-11(14)9-17-13/h8-9,16H,2-7,10H2,1H3. The maximum absolute atomic E-state index is 5.49. The van der Waals surface area contributed by atoms with Crippen LogP contribution in [0.25, 0.3) is 0 Å². The molecule has 1 rings (SSSR count). The predicted octanol–water partition coefficient (Wildman–Crippen LogP) is 3.90. The molecule has 0 aliphatic heterocycles. The molecule has 0 saturated heterocycles. The first kappa shape index (κ1) is 16.1. The highest BCUT2D eigenvalue weighted by Gasteiger charge is 2.01. The Morgan fingerprint density at radius 1 is 1.28 bits per heavy atom. The lowest BCUT2D eigenvalue weighted by atomic mass is 10.3. The lowest BCUT2D eigenvalue weighted by Gasteiger charge is -2.07. The molecule has 18 heavy (non-hydrogen) atoms. The Morgan fingerprint density at radius 3 is 2.78 bits per heavy atom. The molecule has 3 nitrogen and oxygen atoms in total. The molecule has 1 heterocycles. The van der Waals surface area contributed by atoms with Gasteiger partial charge in [0.2, 0.25) is 0 Å². The Balaban J connectivity index is 2.07. The highest BCUT2D eigenvalue weighted by atomic mass is 79.9. The molecule has 5 heteroatoms. The molecule has 102 valence electrons. The first-order valence-electron chi connectivity index (χ1n) is 6.32. The molecule has 0 fully saturated rings. The van der Waals surface area contributed by atoms with E-state index in [9.17, 15) is 0 Å². The van der Waals surface area contributed by atoms with E-state index in [0.717, 1.165) is 53.8 Å². The van der Waals surface area contributed by atoms with Gasteiger partial charge in [-0.25, -0.2) is 0 Å². The van der Waals surface area contributed by atoms with Crippen LogP contribution >= 0.6 is 31.9 Å². The van der Waals surface area contributed by atoms with E-state index in [1.807, 2.05) is 12.3 Å². The summed E-state index contributed by atoms with van der Waals surface area (Å²) >= 11 is 6.89. The van der Waals surface area contributed by atoms with Crippen LogP contribution in [-0.4, -0.2) is 24.7 Å². The van der Waals surface area contributed by atoms with Crippen molar-refractivity contribution in [2.24, 2.45) is 0 Å². The average molecular weight is 380 g/mol. The molecule has 1 N–H and O–H groups in total. The summed E-state index contributed by atoms with van der Waals surface area (Å²) in [6, 6.07) is 2.01. The molecule has 0 amide bonds. The molecule has 1 aromatic rings. The van der Waals surface area contributed by atoms with Gasteiger partial charge in [0.25, 0.3) is 0 Å². The van der Waals surface area contributed by atoms with Crippen molar-refractivity contribution < 1.29 is 4.74 Å². The van der Waals surface area contributed by atoms with E-state index in [2.05, 4.69) is 49.1 Å². The summed E-state index contributed by atoms with van der Waals surface area (Å²) in [6.07, 6.45) is 5.21. The van der Waals surface area contributed by atoms with Gasteiger partial charge in [0, 0.05) is 34.9 Å². The second-order valence-electron chi connectivity index (χ2n) is 4.08. The van der Waals surface area contributed by atoms with Crippen molar-refractivity contribution in [1.29, 1.82) is 0 Å². The summed E-state index contributed by atoms with van der Waals surface area (Å²) in [7, 11) is 0. The van der Waals surface area contributed by atoms with Gasteiger partial charge < -0.3 is 10.1 Å². The van der Waals surface area contributed by atoms with Crippen LogP contribution in [0.5, 0.6) is 0 Å². The van der Waals surface area contributed by atoms with E-state index in [1.54, 1.807) is 0 Å². The van der Waals surface area contributed by atoms with Crippen molar-refractivity contribution >= 4 is 31.9 Å². The minimum Gasteiger partial charge on any atom is -0.381 e. The quantitative estimate of drug-likeness (QED) is 0.660. The van der Waals surface area contributed by atoms with Crippen LogP contribution in [0.15, 0.2) is 21.2 Å². The number of rotatable bonds is 9. The van der Waals surface area contributed by atoms with Crippen LogP contribution in [-0.2, 0) is 11.3 Å². The molecule has 0 bridgehead atoms. The SMILES string of the molecule is CCCCOCCCNCc1ncc(Br)cc1Br. The van der Waals surface area contributed by atoms with Gasteiger partial charge >= 0.3 is 0 Å². The number of pyridine rings is 1. The molecular weight excluding hydrogens is 360 g/mol. The molecule has 0 aromatic carbocycles. The number of hydrogen-bond donors (Lipinski definition) is 1. The van der Waals surface area contributed by atoms with Crippen LogP contribution in [0.2, 0.25) is 0 Å². The fourth-order valence-corrected chi connectivity index (χ4v) is 2.56. The van der Waals surface area contributed by atoms with Gasteiger partial charge in [0.05, 0.1) is 5.69 Å². The molecule has 0 spiro atoms. The zero-order valence-electron chi connectivity index (χ0n) is 10.7. The summed E-state index contributed by atoms with van der Waals surface area (Å²) in [6.45, 7) is 5.63. The third kappa shape index (κ3) is 6.83. The Bertz CT molecular complexity index is 348. The maximum atomic E-state index is 5.49. The number of nitrogens with one attached hydrogen (secondary N) is 1. The Labute approximate surface area is 126 Å². The molecule has 0 unspecified atom stereocenters. The van der Waals surface area contributed by atoms with Crippen molar-refractivity contribution in [2.75, 3.05) is 19.8 Å². The lowest BCUT2D eigenvalue weighted by molar-refractivity contribution is 0.128. The third-order valence-corrected chi connectivity index (χ3v) is 3.58. The molecule has 1 aromatic heterocycles. The van der Waals surface area contributed by atoms with Gasteiger partial charge in [-0.15, -0.1) is 0 Å². The van der Waals surface area contributed by atoms with Crippen molar-refractivity contribution in [1.82, 2.24) is 10.3 Å². The molecule has 0 saturated carbocycles. The van der Waals surface area contributed by atoms with Crippen molar-refractivity contribution in [2.45, 2.75) is 32.7 Å². The van der Waals surface area contributed by atoms with Gasteiger partial charge in [-0.1, -0.05) is 13.3 Å². The second kappa shape index (κ2) is 9.89. The monoisotopic (exact) mass is 378 g/mol. The van der Waals surface area contributed by atoms with E-state index >= 15 is 0 Å².